The van der Waals surface area contributed by atoms with Gasteiger partial charge in [-0.1, -0.05) is 15.9 Å². The lowest BCUT2D eigenvalue weighted by Gasteiger charge is -2.17. The van der Waals surface area contributed by atoms with Crippen LogP contribution in [0.2, 0.25) is 0 Å². The van der Waals surface area contributed by atoms with Crippen molar-refractivity contribution in [2.75, 3.05) is 26.2 Å². The highest BCUT2D eigenvalue weighted by atomic mass is 79.9. The smallest absolute Gasteiger partial charge is 0.225 e. The molecule has 6 nitrogen and oxygen atoms in total. The van der Waals surface area contributed by atoms with Gasteiger partial charge in [-0.15, -0.1) is 12.4 Å². The molecule has 2 heterocycles. The monoisotopic (exact) mass is 428 g/mol. The third kappa shape index (κ3) is 5.20. The van der Waals surface area contributed by atoms with Gasteiger partial charge in [-0.05, 0) is 29.8 Å². The van der Waals surface area contributed by atoms with Gasteiger partial charge in [0.15, 0.2) is 0 Å². The van der Waals surface area contributed by atoms with Crippen molar-refractivity contribution in [3.63, 3.8) is 0 Å². The van der Waals surface area contributed by atoms with E-state index in [1.54, 1.807) is 4.68 Å². The number of aromatic nitrogens is 2. The van der Waals surface area contributed by atoms with Gasteiger partial charge in [0.1, 0.15) is 12.4 Å². The Morgan fingerprint density at radius 3 is 2.84 bits per heavy atom. The number of ether oxygens (including phenoxy) is 1. The molecule has 25 heavy (non-hydrogen) atoms. The van der Waals surface area contributed by atoms with E-state index in [4.69, 9.17) is 4.74 Å². The summed E-state index contributed by atoms with van der Waals surface area (Å²) >= 11 is 3.39. The molecule has 8 heteroatoms. The van der Waals surface area contributed by atoms with Crippen LogP contribution >= 0.6 is 28.3 Å². The highest BCUT2D eigenvalue weighted by molar-refractivity contribution is 9.10. The molecular formula is C17H22BrClN4O2. The number of carbonyl (C=O) groups excluding carboxylic acids is 1. The molecular weight excluding hydrogens is 408 g/mol. The standard InChI is InChI=1S/C17H21BrN4O2.ClH/c1-22-11-12(8-21-22)15-9-19-10-16(15)17(23)20-6-7-24-14-4-2-13(18)3-5-14;/h2-5,8,11,15-16,19H,6-7,9-10H2,1H3,(H,20,23);1H/t15-,16+;/m1./s1. The van der Waals surface area contributed by atoms with E-state index in [1.165, 1.54) is 0 Å². The summed E-state index contributed by atoms with van der Waals surface area (Å²) in [5.41, 5.74) is 1.11. The number of halogens is 2. The molecule has 1 saturated heterocycles. The van der Waals surface area contributed by atoms with Gasteiger partial charge in [-0.3, -0.25) is 9.48 Å². The molecule has 1 fully saturated rings. The van der Waals surface area contributed by atoms with Gasteiger partial charge in [0.05, 0.1) is 18.7 Å². The number of rotatable bonds is 6. The minimum atomic E-state index is -0.0677. The Hall–Kier alpha value is -1.57. The Labute approximate surface area is 161 Å². The summed E-state index contributed by atoms with van der Waals surface area (Å²) in [6.45, 7) is 2.44. The number of amides is 1. The molecule has 0 unspecified atom stereocenters. The summed E-state index contributed by atoms with van der Waals surface area (Å²) in [6, 6.07) is 7.64. The predicted octanol–water partition coefficient (Wildman–Crippen LogP) is 2.10. The van der Waals surface area contributed by atoms with Gasteiger partial charge >= 0.3 is 0 Å². The van der Waals surface area contributed by atoms with Crippen LogP contribution in [0.5, 0.6) is 5.75 Å². The van der Waals surface area contributed by atoms with Gasteiger partial charge in [-0.2, -0.15) is 5.10 Å². The lowest BCUT2D eigenvalue weighted by Crippen LogP contribution is -2.36. The van der Waals surface area contributed by atoms with Crippen LogP contribution in [0.25, 0.3) is 0 Å². The number of aryl methyl sites for hydroxylation is 1. The summed E-state index contributed by atoms with van der Waals surface area (Å²) in [7, 11) is 1.89. The molecule has 136 valence electrons. The third-order valence-corrected chi connectivity index (χ3v) is 4.72. The first-order valence-corrected chi connectivity index (χ1v) is 8.78. The Balaban J connectivity index is 0.00000225. The number of hydrogen-bond acceptors (Lipinski definition) is 4. The van der Waals surface area contributed by atoms with E-state index in [-0.39, 0.29) is 30.2 Å². The van der Waals surface area contributed by atoms with Crippen molar-refractivity contribution in [2.24, 2.45) is 13.0 Å². The highest BCUT2D eigenvalue weighted by Gasteiger charge is 2.34. The van der Waals surface area contributed by atoms with Crippen LogP contribution in [0.3, 0.4) is 0 Å². The van der Waals surface area contributed by atoms with E-state index in [0.29, 0.717) is 19.7 Å². The van der Waals surface area contributed by atoms with Crippen LogP contribution < -0.4 is 15.4 Å². The Morgan fingerprint density at radius 2 is 2.16 bits per heavy atom. The summed E-state index contributed by atoms with van der Waals surface area (Å²) < 4.78 is 8.41. The van der Waals surface area contributed by atoms with Gasteiger partial charge in [-0.25, -0.2) is 0 Å². The Bertz CT molecular complexity index is 692. The zero-order valence-electron chi connectivity index (χ0n) is 13.9. The van der Waals surface area contributed by atoms with E-state index in [9.17, 15) is 4.79 Å². The number of nitrogens with one attached hydrogen (secondary N) is 2. The lowest BCUT2D eigenvalue weighted by atomic mass is 9.90. The first-order valence-electron chi connectivity index (χ1n) is 7.99. The molecule has 1 aromatic heterocycles. The quantitative estimate of drug-likeness (QED) is 0.690. The number of carbonyl (C=O) groups is 1. The SMILES string of the molecule is Cl.Cn1cc([C@H]2CNC[C@@H]2C(=O)NCCOc2ccc(Br)cc2)cn1. The first kappa shape index (κ1) is 19.8. The van der Waals surface area contributed by atoms with Crippen molar-refractivity contribution in [1.82, 2.24) is 20.4 Å². The molecule has 0 bridgehead atoms. The molecule has 1 aliphatic heterocycles. The summed E-state index contributed by atoms with van der Waals surface area (Å²) in [6.07, 6.45) is 3.82. The van der Waals surface area contributed by atoms with Crippen molar-refractivity contribution in [3.8, 4) is 5.75 Å². The second-order valence-electron chi connectivity index (χ2n) is 5.91. The van der Waals surface area contributed by atoms with Crippen LogP contribution in [0.4, 0.5) is 0 Å². The normalized spacial score (nSPS) is 19.3. The molecule has 1 aliphatic rings. The van der Waals surface area contributed by atoms with E-state index in [0.717, 1.165) is 22.3 Å². The first-order chi connectivity index (χ1) is 11.6. The average Bonchev–Trinajstić information content (AvgIpc) is 3.21. The van der Waals surface area contributed by atoms with Crippen molar-refractivity contribution < 1.29 is 9.53 Å². The molecule has 0 aliphatic carbocycles. The molecule has 0 spiro atoms. The van der Waals surface area contributed by atoms with E-state index >= 15 is 0 Å². The van der Waals surface area contributed by atoms with E-state index in [2.05, 4.69) is 31.7 Å². The summed E-state index contributed by atoms with van der Waals surface area (Å²) in [5, 5.41) is 10.5. The maximum absolute atomic E-state index is 12.5. The fourth-order valence-electron chi connectivity index (χ4n) is 2.94. The maximum atomic E-state index is 12.5. The fraction of sp³-hybridized carbons (Fsp3) is 0.412. The number of benzene rings is 1. The minimum absolute atomic E-state index is 0. The molecule has 3 rings (SSSR count). The van der Waals surface area contributed by atoms with E-state index in [1.807, 2.05) is 43.7 Å². The van der Waals surface area contributed by atoms with Gasteiger partial charge in [0, 0.05) is 36.7 Å². The van der Waals surface area contributed by atoms with Crippen molar-refractivity contribution in [2.45, 2.75) is 5.92 Å². The van der Waals surface area contributed by atoms with Crippen molar-refractivity contribution in [3.05, 3.63) is 46.7 Å². The van der Waals surface area contributed by atoms with E-state index < -0.39 is 0 Å². The van der Waals surface area contributed by atoms with Gasteiger partial charge in [0.2, 0.25) is 5.91 Å². The molecule has 1 amide bonds. The number of nitrogens with zero attached hydrogens (tertiary/aromatic N) is 2. The lowest BCUT2D eigenvalue weighted by molar-refractivity contribution is -0.124. The minimum Gasteiger partial charge on any atom is -0.492 e. The third-order valence-electron chi connectivity index (χ3n) is 4.19. The van der Waals surface area contributed by atoms with Gasteiger partial charge in [0.25, 0.3) is 0 Å². The molecule has 0 saturated carbocycles. The summed E-state index contributed by atoms with van der Waals surface area (Å²) in [4.78, 5) is 12.5. The van der Waals surface area contributed by atoms with Crippen LogP contribution in [0.15, 0.2) is 41.1 Å². The molecule has 2 atom stereocenters. The van der Waals surface area contributed by atoms with Crippen LogP contribution in [-0.2, 0) is 11.8 Å². The van der Waals surface area contributed by atoms with Crippen molar-refractivity contribution >= 4 is 34.2 Å². The maximum Gasteiger partial charge on any atom is 0.225 e. The molecule has 2 N–H and O–H groups in total. The summed E-state index contributed by atoms with van der Waals surface area (Å²) in [5.74, 6) is 0.962. The molecule has 1 aromatic carbocycles. The van der Waals surface area contributed by atoms with Crippen molar-refractivity contribution in [1.29, 1.82) is 0 Å². The topological polar surface area (TPSA) is 68.2 Å². The second kappa shape index (κ2) is 9.22. The molecule has 2 aromatic rings. The largest absolute Gasteiger partial charge is 0.492 e. The van der Waals surface area contributed by atoms with Crippen LogP contribution in [-0.4, -0.2) is 41.9 Å². The molecule has 0 radical (unpaired) electrons. The van der Waals surface area contributed by atoms with Crippen LogP contribution in [0.1, 0.15) is 11.5 Å². The van der Waals surface area contributed by atoms with Crippen LogP contribution in [0, 0.1) is 5.92 Å². The zero-order valence-corrected chi connectivity index (χ0v) is 16.3. The zero-order chi connectivity index (χ0) is 16.9. The second-order valence-corrected chi connectivity index (χ2v) is 6.83. The highest BCUT2D eigenvalue weighted by Crippen LogP contribution is 2.27. The average molecular weight is 430 g/mol. The number of hydrogen-bond donors (Lipinski definition) is 2. The fourth-order valence-corrected chi connectivity index (χ4v) is 3.21. The predicted molar refractivity (Wildman–Crippen MR) is 102 cm³/mol. The van der Waals surface area contributed by atoms with Gasteiger partial charge < -0.3 is 15.4 Å². The Kier molecular flexibility index (Phi) is 7.28. The Morgan fingerprint density at radius 1 is 1.40 bits per heavy atom.